The third kappa shape index (κ3) is 2.77. The minimum Gasteiger partial charge on any atom is -0.354 e. The van der Waals surface area contributed by atoms with Gasteiger partial charge in [-0.15, -0.1) is 15.3 Å². The molecule has 1 aromatic carbocycles. The van der Waals surface area contributed by atoms with Crippen LogP contribution in [0.25, 0.3) is 16.7 Å². The third-order valence-corrected chi connectivity index (χ3v) is 4.92. The molecule has 0 bridgehead atoms. The molecule has 1 aliphatic rings. The van der Waals surface area contributed by atoms with Gasteiger partial charge in [0.2, 0.25) is 0 Å². The van der Waals surface area contributed by atoms with Crippen LogP contribution in [0.15, 0.2) is 36.7 Å². The Morgan fingerprint density at radius 2 is 2.15 bits per heavy atom. The van der Waals surface area contributed by atoms with Crippen molar-refractivity contribution in [2.75, 3.05) is 24.5 Å². The molecule has 3 aromatic heterocycles. The van der Waals surface area contributed by atoms with Crippen LogP contribution in [0.4, 0.5) is 5.82 Å². The molecule has 136 valence electrons. The van der Waals surface area contributed by atoms with E-state index >= 15 is 0 Å². The number of aromatic amines is 1. The molecule has 27 heavy (non-hydrogen) atoms. The zero-order chi connectivity index (χ0) is 18.4. The van der Waals surface area contributed by atoms with Crippen LogP contribution in [0.1, 0.15) is 16.2 Å². The van der Waals surface area contributed by atoms with Crippen LogP contribution in [0.5, 0.6) is 0 Å². The van der Waals surface area contributed by atoms with E-state index in [1.54, 1.807) is 16.9 Å². The summed E-state index contributed by atoms with van der Waals surface area (Å²) < 4.78 is 1.75. The van der Waals surface area contributed by atoms with Crippen molar-refractivity contribution in [3.8, 4) is 0 Å². The van der Waals surface area contributed by atoms with Crippen LogP contribution in [0.2, 0.25) is 0 Å². The molecule has 0 spiro atoms. The molecule has 9 nitrogen and oxygen atoms in total. The molecule has 1 amide bonds. The fourth-order valence-electron chi connectivity index (χ4n) is 3.36. The van der Waals surface area contributed by atoms with Crippen molar-refractivity contribution in [3.05, 3.63) is 48.0 Å². The number of hydrogen-bond acceptors (Lipinski definition) is 6. The van der Waals surface area contributed by atoms with Gasteiger partial charge in [0.1, 0.15) is 5.82 Å². The summed E-state index contributed by atoms with van der Waals surface area (Å²) in [5, 5.41) is 15.7. The number of fused-ring (bicyclic) bond motifs is 2. The van der Waals surface area contributed by atoms with E-state index in [-0.39, 0.29) is 5.91 Å². The maximum atomic E-state index is 12.4. The zero-order valence-corrected chi connectivity index (χ0v) is 14.8. The molecule has 5 rings (SSSR count). The quantitative estimate of drug-likeness (QED) is 0.565. The highest BCUT2D eigenvalue weighted by atomic mass is 16.1. The van der Waals surface area contributed by atoms with E-state index in [1.165, 1.54) is 0 Å². The number of carbonyl (C=O) groups excluding carboxylic acids is 1. The number of amides is 1. The lowest BCUT2D eigenvalue weighted by Crippen LogP contribution is -2.52. The largest absolute Gasteiger partial charge is 0.354 e. The Balaban J connectivity index is 1.18. The zero-order valence-electron chi connectivity index (χ0n) is 14.8. The van der Waals surface area contributed by atoms with Gasteiger partial charge >= 0.3 is 0 Å². The molecule has 1 saturated heterocycles. The van der Waals surface area contributed by atoms with E-state index in [0.29, 0.717) is 18.0 Å². The second-order valence-corrected chi connectivity index (χ2v) is 6.82. The van der Waals surface area contributed by atoms with Crippen molar-refractivity contribution < 1.29 is 4.79 Å². The predicted octanol–water partition coefficient (Wildman–Crippen LogP) is 1.18. The van der Waals surface area contributed by atoms with Gasteiger partial charge in [-0.05, 0) is 37.3 Å². The maximum Gasteiger partial charge on any atom is 0.251 e. The van der Waals surface area contributed by atoms with Gasteiger partial charge in [0.25, 0.3) is 5.91 Å². The standard InChI is InChI=1S/C18H18N8O/c1-11-22-23-16-4-5-17(24-26(11)16)25-8-12(9-25)7-19-18(27)13-2-3-14-15(6-13)21-10-20-14/h2-6,10,12H,7-9H2,1H3,(H,19,27)(H,20,21). The van der Waals surface area contributed by atoms with Gasteiger partial charge in [0.15, 0.2) is 11.5 Å². The van der Waals surface area contributed by atoms with Crippen LogP contribution in [0.3, 0.4) is 0 Å². The molecule has 2 N–H and O–H groups in total. The van der Waals surface area contributed by atoms with E-state index in [1.807, 2.05) is 31.2 Å². The van der Waals surface area contributed by atoms with Crippen molar-refractivity contribution in [2.45, 2.75) is 6.92 Å². The lowest BCUT2D eigenvalue weighted by Gasteiger charge is -2.40. The number of H-pyrrole nitrogens is 1. The lowest BCUT2D eigenvalue weighted by atomic mass is 10.00. The number of imidazole rings is 1. The molecule has 0 unspecified atom stereocenters. The van der Waals surface area contributed by atoms with Gasteiger partial charge in [-0.25, -0.2) is 4.98 Å². The maximum absolute atomic E-state index is 12.4. The molecule has 1 fully saturated rings. The molecule has 9 heteroatoms. The SMILES string of the molecule is Cc1nnc2ccc(N3CC(CNC(=O)c4ccc5nc[nH]c5c4)C3)nn12. The Kier molecular flexibility index (Phi) is 3.52. The van der Waals surface area contributed by atoms with E-state index in [4.69, 9.17) is 0 Å². The first-order valence-corrected chi connectivity index (χ1v) is 8.83. The molecule has 0 radical (unpaired) electrons. The number of nitrogens with zero attached hydrogens (tertiary/aromatic N) is 6. The van der Waals surface area contributed by atoms with Crippen molar-refractivity contribution in [1.82, 2.24) is 35.1 Å². The van der Waals surface area contributed by atoms with E-state index < -0.39 is 0 Å². The number of benzene rings is 1. The van der Waals surface area contributed by atoms with E-state index in [0.717, 1.165) is 41.4 Å². The first kappa shape index (κ1) is 15.7. The molecule has 0 aliphatic carbocycles. The number of rotatable bonds is 4. The van der Waals surface area contributed by atoms with Gasteiger partial charge in [0.05, 0.1) is 17.4 Å². The van der Waals surface area contributed by atoms with E-state index in [2.05, 4.69) is 35.5 Å². The fraction of sp³-hybridized carbons (Fsp3) is 0.278. The molecule has 0 atom stereocenters. The van der Waals surface area contributed by atoms with Crippen LogP contribution in [-0.4, -0.2) is 55.3 Å². The molecule has 4 aromatic rings. The van der Waals surface area contributed by atoms with Gasteiger partial charge in [-0.3, -0.25) is 4.79 Å². The summed E-state index contributed by atoms with van der Waals surface area (Å²) in [4.78, 5) is 21.7. The third-order valence-electron chi connectivity index (χ3n) is 4.92. The highest BCUT2D eigenvalue weighted by Gasteiger charge is 2.28. The average molecular weight is 362 g/mol. The van der Waals surface area contributed by atoms with Gasteiger partial charge in [-0.2, -0.15) is 4.52 Å². The summed E-state index contributed by atoms with van der Waals surface area (Å²) in [6.45, 7) is 4.25. The smallest absolute Gasteiger partial charge is 0.251 e. The van der Waals surface area contributed by atoms with E-state index in [9.17, 15) is 4.79 Å². The van der Waals surface area contributed by atoms with Crippen LogP contribution in [0, 0.1) is 12.8 Å². The summed E-state index contributed by atoms with van der Waals surface area (Å²) in [6.07, 6.45) is 1.63. The van der Waals surface area contributed by atoms with Crippen molar-refractivity contribution >= 4 is 28.4 Å². The Labute approximate surface area is 154 Å². The number of carbonyl (C=O) groups is 1. The Morgan fingerprint density at radius 3 is 3.04 bits per heavy atom. The summed E-state index contributed by atoms with van der Waals surface area (Å²) in [7, 11) is 0. The number of aryl methyl sites for hydroxylation is 1. The summed E-state index contributed by atoms with van der Waals surface area (Å²) in [6, 6.07) is 9.35. The minimum absolute atomic E-state index is 0.0652. The number of nitrogens with one attached hydrogen (secondary N) is 2. The topological polar surface area (TPSA) is 104 Å². The molecular weight excluding hydrogens is 344 g/mol. The van der Waals surface area contributed by atoms with Crippen LogP contribution in [-0.2, 0) is 0 Å². The minimum atomic E-state index is -0.0652. The Morgan fingerprint density at radius 1 is 1.26 bits per heavy atom. The van der Waals surface area contributed by atoms with Gasteiger partial charge in [0, 0.05) is 31.1 Å². The molecule has 0 saturated carbocycles. The first-order valence-electron chi connectivity index (χ1n) is 8.83. The van der Waals surface area contributed by atoms with Gasteiger partial charge in [-0.1, -0.05) is 0 Å². The molecular formula is C18H18N8O. The summed E-state index contributed by atoms with van der Waals surface area (Å²) in [5.74, 6) is 2.01. The number of hydrogen-bond donors (Lipinski definition) is 2. The number of anilines is 1. The predicted molar refractivity (Wildman–Crippen MR) is 99.6 cm³/mol. The monoisotopic (exact) mass is 362 g/mol. The second kappa shape index (κ2) is 6.04. The van der Waals surface area contributed by atoms with Crippen LogP contribution < -0.4 is 10.2 Å². The normalized spacial score (nSPS) is 14.6. The second-order valence-electron chi connectivity index (χ2n) is 6.82. The van der Waals surface area contributed by atoms with Gasteiger partial charge < -0.3 is 15.2 Å². The summed E-state index contributed by atoms with van der Waals surface area (Å²) >= 11 is 0. The van der Waals surface area contributed by atoms with Crippen molar-refractivity contribution in [1.29, 1.82) is 0 Å². The molecule has 1 aliphatic heterocycles. The highest BCUT2D eigenvalue weighted by molar-refractivity contribution is 5.97. The summed E-state index contributed by atoms with van der Waals surface area (Å²) in [5.41, 5.74) is 3.10. The van der Waals surface area contributed by atoms with Crippen molar-refractivity contribution in [2.24, 2.45) is 5.92 Å². The lowest BCUT2D eigenvalue weighted by molar-refractivity contribution is 0.0944. The Hall–Kier alpha value is -3.49. The fourth-order valence-corrected chi connectivity index (χ4v) is 3.36. The highest BCUT2D eigenvalue weighted by Crippen LogP contribution is 2.22. The van der Waals surface area contributed by atoms with Crippen LogP contribution >= 0.6 is 0 Å². The Bertz CT molecular complexity index is 1140. The first-order chi connectivity index (χ1) is 13.2. The molecule has 4 heterocycles. The average Bonchev–Trinajstić information content (AvgIpc) is 3.26. The number of aromatic nitrogens is 6. The van der Waals surface area contributed by atoms with Crippen molar-refractivity contribution in [3.63, 3.8) is 0 Å².